The summed E-state index contributed by atoms with van der Waals surface area (Å²) in [6.45, 7) is 0.775. The van der Waals surface area contributed by atoms with Crippen molar-refractivity contribution in [2.75, 3.05) is 20.6 Å². The quantitative estimate of drug-likeness (QED) is 0.434. The average molecular weight is 509 g/mol. The number of benzene rings is 1. The Bertz CT molecular complexity index is 1320. The van der Waals surface area contributed by atoms with Crippen LogP contribution in [0.15, 0.2) is 60.9 Å². The molecule has 4 rings (SSSR count). The number of halogens is 3. The van der Waals surface area contributed by atoms with Crippen LogP contribution in [0.5, 0.6) is 0 Å². The van der Waals surface area contributed by atoms with Crippen molar-refractivity contribution in [3.8, 4) is 28.5 Å². The standard InChI is InChI=1S/C27H27F3N6O/c1-34(2)14-4-7-24(37)35-18-23-25(20-9-12-32-13-10-20)26(21-6-3-5-19(15-21)16-31)33-36(23)17-22(35)8-11-27(28,29)30/h3-7,9-10,12-13,15,22H,8,11,14,17-18H2,1-2H3/b7-4+/t22-/m0/s1. The number of hydrogen-bond acceptors (Lipinski definition) is 5. The van der Waals surface area contributed by atoms with E-state index in [-0.39, 0.29) is 25.4 Å². The van der Waals surface area contributed by atoms with Crippen LogP contribution in [0.3, 0.4) is 0 Å². The Labute approximate surface area is 213 Å². The molecule has 10 heteroatoms. The molecule has 0 spiro atoms. The average Bonchev–Trinajstić information content (AvgIpc) is 3.25. The summed E-state index contributed by atoms with van der Waals surface area (Å²) >= 11 is 0. The Morgan fingerprint density at radius 3 is 2.65 bits per heavy atom. The fourth-order valence-corrected chi connectivity index (χ4v) is 4.45. The third-order valence-electron chi connectivity index (χ3n) is 6.21. The maximum atomic E-state index is 13.2. The molecule has 0 fully saturated rings. The first kappa shape index (κ1) is 26.1. The molecule has 1 amide bonds. The normalized spacial score (nSPS) is 15.7. The number of carbonyl (C=O) groups is 1. The number of amides is 1. The number of nitriles is 1. The van der Waals surface area contributed by atoms with E-state index in [4.69, 9.17) is 5.10 Å². The molecule has 0 aliphatic carbocycles. The third-order valence-corrected chi connectivity index (χ3v) is 6.21. The minimum Gasteiger partial charge on any atom is -0.328 e. The molecule has 0 unspecified atom stereocenters. The van der Waals surface area contributed by atoms with Gasteiger partial charge in [0.2, 0.25) is 5.91 Å². The number of aromatic nitrogens is 3. The van der Waals surface area contributed by atoms with E-state index in [0.717, 1.165) is 16.8 Å². The van der Waals surface area contributed by atoms with Crippen LogP contribution in [0, 0.1) is 11.3 Å². The van der Waals surface area contributed by atoms with E-state index in [0.29, 0.717) is 23.4 Å². The zero-order chi connectivity index (χ0) is 26.6. The van der Waals surface area contributed by atoms with E-state index >= 15 is 0 Å². The summed E-state index contributed by atoms with van der Waals surface area (Å²) in [5.74, 6) is -0.338. The number of fused-ring (bicyclic) bond motifs is 1. The second-order valence-corrected chi connectivity index (χ2v) is 9.22. The molecule has 0 bridgehead atoms. The van der Waals surface area contributed by atoms with Gasteiger partial charge in [0.05, 0.1) is 36.5 Å². The van der Waals surface area contributed by atoms with E-state index < -0.39 is 18.6 Å². The van der Waals surface area contributed by atoms with Crippen LogP contribution in [-0.2, 0) is 17.9 Å². The highest BCUT2D eigenvalue weighted by atomic mass is 19.4. The molecule has 0 radical (unpaired) electrons. The molecule has 2 aromatic heterocycles. The molecule has 37 heavy (non-hydrogen) atoms. The highest BCUT2D eigenvalue weighted by Gasteiger charge is 2.36. The van der Waals surface area contributed by atoms with Gasteiger partial charge in [-0.05, 0) is 50.3 Å². The van der Waals surface area contributed by atoms with Crippen molar-refractivity contribution < 1.29 is 18.0 Å². The number of nitrogens with zero attached hydrogens (tertiary/aromatic N) is 6. The van der Waals surface area contributed by atoms with E-state index in [2.05, 4.69) is 11.1 Å². The lowest BCUT2D eigenvalue weighted by molar-refractivity contribution is -0.144. The Balaban J connectivity index is 1.80. The van der Waals surface area contributed by atoms with Gasteiger partial charge in [0.25, 0.3) is 0 Å². The number of hydrogen-bond donors (Lipinski definition) is 0. The number of likely N-dealkylation sites (N-methyl/N-ethyl adjacent to an activating group) is 1. The van der Waals surface area contributed by atoms with Crippen LogP contribution in [0.1, 0.15) is 24.1 Å². The smallest absolute Gasteiger partial charge is 0.328 e. The largest absolute Gasteiger partial charge is 0.389 e. The first-order valence-electron chi connectivity index (χ1n) is 11.9. The zero-order valence-electron chi connectivity index (χ0n) is 20.6. The third kappa shape index (κ3) is 6.24. The highest BCUT2D eigenvalue weighted by Crippen LogP contribution is 2.38. The van der Waals surface area contributed by atoms with Crippen molar-refractivity contribution in [2.24, 2.45) is 0 Å². The Hall–Kier alpha value is -3.97. The van der Waals surface area contributed by atoms with Gasteiger partial charge in [-0.2, -0.15) is 23.5 Å². The molecule has 0 saturated carbocycles. The minimum absolute atomic E-state index is 0.107. The highest BCUT2D eigenvalue weighted by molar-refractivity contribution is 5.89. The first-order chi connectivity index (χ1) is 17.7. The molecule has 3 aromatic rings. The van der Waals surface area contributed by atoms with Crippen LogP contribution in [0.25, 0.3) is 22.4 Å². The van der Waals surface area contributed by atoms with Crippen molar-refractivity contribution in [2.45, 2.75) is 38.1 Å². The second kappa shape index (κ2) is 11.0. The van der Waals surface area contributed by atoms with Gasteiger partial charge in [-0.25, -0.2) is 0 Å². The fourth-order valence-electron chi connectivity index (χ4n) is 4.45. The summed E-state index contributed by atoms with van der Waals surface area (Å²) < 4.78 is 41.1. The molecule has 192 valence electrons. The van der Waals surface area contributed by atoms with Gasteiger partial charge in [0, 0.05) is 42.6 Å². The molecule has 1 aliphatic heterocycles. The topological polar surface area (TPSA) is 78.1 Å². The van der Waals surface area contributed by atoms with E-state index in [1.165, 1.54) is 11.0 Å². The maximum Gasteiger partial charge on any atom is 0.389 e. The van der Waals surface area contributed by atoms with Crippen LogP contribution in [-0.4, -0.2) is 63.3 Å². The van der Waals surface area contributed by atoms with Crippen LogP contribution in [0.4, 0.5) is 13.2 Å². The van der Waals surface area contributed by atoms with Crippen molar-refractivity contribution in [1.29, 1.82) is 5.26 Å². The molecule has 0 N–H and O–H groups in total. The van der Waals surface area contributed by atoms with Gasteiger partial charge >= 0.3 is 6.18 Å². The predicted octanol–water partition coefficient (Wildman–Crippen LogP) is 4.65. The Kier molecular flexibility index (Phi) is 7.74. The second-order valence-electron chi connectivity index (χ2n) is 9.22. The van der Waals surface area contributed by atoms with E-state index in [1.807, 2.05) is 37.2 Å². The molecule has 1 atom stereocenters. The summed E-state index contributed by atoms with van der Waals surface area (Å²) in [4.78, 5) is 20.7. The van der Waals surface area contributed by atoms with Gasteiger partial charge in [-0.1, -0.05) is 18.2 Å². The van der Waals surface area contributed by atoms with Gasteiger partial charge < -0.3 is 9.80 Å². The molecule has 0 saturated heterocycles. The predicted molar refractivity (Wildman–Crippen MR) is 133 cm³/mol. The van der Waals surface area contributed by atoms with Gasteiger partial charge in [-0.15, -0.1) is 0 Å². The van der Waals surface area contributed by atoms with Crippen molar-refractivity contribution in [1.82, 2.24) is 24.6 Å². The van der Waals surface area contributed by atoms with Crippen molar-refractivity contribution in [3.63, 3.8) is 0 Å². The lowest BCUT2D eigenvalue weighted by Crippen LogP contribution is -2.46. The molecule has 7 nitrogen and oxygen atoms in total. The SMILES string of the molecule is CN(C)C/C=C/C(=O)N1Cc2c(-c3ccncc3)c(-c3cccc(C#N)c3)nn2C[C@@H]1CCC(F)(F)F. The maximum absolute atomic E-state index is 13.2. The van der Waals surface area contributed by atoms with E-state index in [1.54, 1.807) is 41.4 Å². The number of rotatable bonds is 7. The lowest BCUT2D eigenvalue weighted by Gasteiger charge is -2.36. The van der Waals surface area contributed by atoms with E-state index in [9.17, 15) is 23.2 Å². The number of pyridine rings is 1. The lowest BCUT2D eigenvalue weighted by atomic mass is 9.97. The Morgan fingerprint density at radius 1 is 1.22 bits per heavy atom. The van der Waals surface area contributed by atoms with Gasteiger partial charge in [-0.3, -0.25) is 14.5 Å². The molecular weight excluding hydrogens is 481 g/mol. The van der Waals surface area contributed by atoms with Crippen molar-refractivity contribution >= 4 is 5.91 Å². The monoisotopic (exact) mass is 508 g/mol. The van der Waals surface area contributed by atoms with Crippen LogP contribution < -0.4 is 0 Å². The minimum atomic E-state index is -4.33. The molecule has 1 aliphatic rings. The van der Waals surface area contributed by atoms with Gasteiger partial charge in [0.1, 0.15) is 5.69 Å². The molecular formula is C27H27F3N6O. The number of alkyl halides is 3. The molecule has 1 aromatic carbocycles. The summed E-state index contributed by atoms with van der Waals surface area (Å²) in [5.41, 5.74) is 4.09. The zero-order valence-corrected chi connectivity index (χ0v) is 20.6. The molecule has 3 heterocycles. The summed E-state index contributed by atoms with van der Waals surface area (Å²) in [6, 6.07) is 12.1. The summed E-state index contributed by atoms with van der Waals surface area (Å²) in [7, 11) is 3.73. The summed E-state index contributed by atoms with van der Waals surface area (Å²) in [5, 5.41) is 14.2. The van der Waals surface area contributed by atoms with Crippen LogP contribution in [0.2, 0.25) is 0 Å². The Morgan fingerprint density at radius 2 is 1.97 bits per heavy atom. The van der Waals surface area contributed by atoms with Crippen LogP contribution >= 0.6 is 0 Å². The van der Waals surface area contributed by atoms with Gasteiger partial charge in [0.15, 0.2) is 0 Å². The number of carbonyl (C=O) groups excluding carboxylic acids is 1. The first-order valence-corrected chi connectivity index (χ1v) is 11.9. The van der Waals surface area contributed by atoms with Crippen molar-refractivity contribution in [3.05, 3.63) is 72.2 Å². The summed E-state index contributed by atoms with van der Waals surface area (Å²) in [6.07, 6.45) is 0.889. The fraction of sp³-hybridized carbons (Fsp3) is 0.333.